The lowest BCUT2D eigenvalue weighted by molar-refractivity contribution is -0.143. The van der Waals surface area contributed by atoms with E-state index >= 15 is 0 Å². The Morgan fingerprint density at radius 1 is 2.00 bits per heavy atom. The van der Waals surface area contributed by atoms with Crippen LogP contribution in [-0.4, -0.2) is 18.6 Å². The van der Waals surface area contributed by atoms with Gasteiger partial charge in [0.2, 0.25) is 0 Å². The summed E-state index contributed by atoms with van der Waals surface area (Å²) in [6, 6.07) is 0.418. The second kappa shape index (κ2) is 3.87. The van der Waals surface area contributed by atoms with Crippen LogP contribution in [0.1, 0.15) is 6.92 Å². The van der Waals surface area contributed by atoms with Crippen LogP contribution in [0.15, 0.2) is 0 Å². The van der Waals surface area contributed by atoms with Crippen LogP contribution in [0.5, 0.6) is 0 Å². The maximum atomic E-state index is 10.4. The van der Waals surface area contributed by atoms with E-state index in [9.17, 15) is 4.79 Å². The Morgan fingerprint density at radius 2 is 2.56 bits per heavy atom. The van der Waals surface area contributed by atoms with E-state index in [0.717, 1.165) is 0 Å². The van der Waals surface area contributed by atoms with Gasteiger partial charge in [0, 0.05) is 0 Å². The predicted octanol–water partition coefficient (Wildman–Crippen LogP) is -0.600. The molecule has 9 heavy (non-hydrogen) atoms. The van der Waals surface area contributed by atoms with E-state index in [-0.39, 0.29) is 6.61 Å². The van der Waals surface area contributed by atoms with Gasteiger partial charge in [0.25, 0.3) is 0 Å². The first-order chi connectivity index (χ1) is 4.22. The third kappa shape index (κ3) is 2.67. The van der Waals surface area contributed by atoms with E-state index in [4.69, 9.17) is 11.0 Å². The topological polar surface area (TPSA) is 76.1 Å². The van der Waals surface area contributed by atoms with Crippen LogP contribution >= 0.6 is 0 Å². The van der Waals surface area contributed by atoms with Crippen LogP contribution in [0.2, 0.25) is 0 Å². The lowest BCUT2D eigenvalue weighted by Crippen LogP contribution is -2.30. The molecule has 0 saturated heterocycles. The number of esters is 1. The van der Waals surface area contributed by atoms with Crippen molar-refractivity contribution in [1.82, 2.24) is 0 Å². The van der Waals surface area contributed by atoms with Gasteiger partial charge in [-0.2, -0.15) is 5.26 Å². The minimum atomic E-state index is -1.13. The molecule has 0 aliphatic heterocycles. The SMILES string of the molecule is CCOC(=O)[C@H](N)C#N. The number of ether oxygens (including phenoxy) is 1. The third-order valence-electron chi connectivity index (χ3n) is 0.680. The minimum absolute atomic E-state index is 0.258. The van der Waals surface area contributed by atoms with Crippen molar-refractivity contribution >= 4 is 5.97 Å². The second-order valence-electron chi connectivity index (χ2n) is 1.36. The maximum Gasteiger partial charge on any atom is 0.337 e. The molecule has 0 rings (SSSR count). The summed E-state index contributed by atoms with van der Waals surface area (Å²) in [6.07, 6.45) is 0. The number of carbonyl (C=O) groups excluding carboxylic acids is 1. The minimum Gasteiger partial charge on any atom is -0.464 e. The van der Waals surface area contributed by atoms with Crippen molar-refractivity contribution in [2.75, 3.05) is 6.61 Å². The standard InChI is InChI=1S/C5H8N2O2/c1-2-9-5(8)4(7)3-6/h4H,2,7H2,1H3/t4-/m1/s1. The summed E-state index contributed by atoms with van der Waals surface area (Å²) >= 11 is 0. The van der Waals surface area contributed by atoms with Crippen LogP contribution in [0.4, 0.5) is 0 Å². The number of hydrogen-bond acceptors (Lipinski definition) is 4. The highest BCUT2D eigenvalue weighted by atomic mass is 16.5. The van der Waals surface area contributed by atoms with Gasteiger partial charge < -0.3 is 10.5 Å². The van der Waals surface area contributed by atoms with Crippen molar-refractivity contribution in [3.05, 3.63) is 0 Å². The average molecular weight is 128 g/mol. The summed E-state index contributed by atoms with van der Waals surface area (Å²) in [4.78, 5) is 10.4. The van der Waals surface area contributed by atoms with E-state index in [0.29, 0.717) is 0 Å². The van der Waals surface area contributed by atoms with Crippen molar-refractivity contribution in [2.45, 2.75) is 13.0 Å². The molecule has 0 aliphatic carbocycles. The summed E-state index contributed by atoms with van der Waals surface area (Å²) in [7, 11) is 0. The molecule has 0 heterocycles. The van der Waals surface area contributed by atoms with Crippen LogP contribution in [0.25, 0.3) is 0 Å². The highest BCUT2D eigenvalue weighted by Gasteiger charge is 2.11. The van der Waals surface area contributed by atoms with Gasteiger partial charge in [-0.3, -0.25) is 0 Å². The first-order valence-corrected chi connectivity index (χ1v) is 2.54. The van der Waals surface area contributed by atoms with E-state index in [1.54, 1.807) is 13.0 Å². The highest BCUT2D eigenvalue weighted by Crippen LogP contribution is 1.81. The first-order valence-electron chi connectivity index (χ1n) is 2.54. The molecule has 0 saturated carbocycles. The summed E-state index contributed by atoms with van der Waals surface area (Å²) in [5.74, 6) is -0.667. The number of nitriles is 1. The van der Waals surface area contributed by atoms with Gasteiger partial charge in [-0.05, 0) is 6.92 Å². The monoisotopic (exact) mass is 128 g/mol. The molecule has 0 aromatic carbocycles. The quantitative estimate of drug-likeness (QED) is 0.504. The van der Waals surface area contributed by atoms with E-state index in [2.05, 4.69) is 4.74 Å². The van der Waals surface area contributed by atoms with Gasteiger partial charge in [0.05, 0.1) is 12.7 Å². The maximum absolute atomic E-state index is 10.4. The highest BCUT2D eigenvalue weighted by molar-refractivity contribution is 5.78. The number of carbonyl (C=O) groups is 1. The molecule has 50 valence electrons. The molecule has 4 heteroatoms. The van der Waals surface area contributed by atoms with Crippen molar-refractivity contribution < 1.29 is 9.53 Å². The number of rotatable bonds is 2. The smallest absolute Gasteiger partial charge is 0.337 e. The molecule has 0 radical (unpaired) electrons. The van der Waals surface area contributed by atoms with Crippen LogP contribution in [-0.2, 0) is 9.53 Å². The van der Waals surface area contributed by atoms with Crippen LogP contribution in [0.3, 0.4) is 0 Å². The van der Waals surface area contributed by atoms with Crippen molar-refractivity contribution in [2.24, 2.45) is 5.73 Å². The lowest BCUT2D eigenvalue weighted by Gasteiger charge is -2.00. The second-order valence-corrected chi connectivity index (χ2v) is 1.36. The summed E-state index contributed by atoms with van der Waals surface area (Å²) in [6.45, 7) is 1.91. The molecule has 0 fully saturated rings. The first kappa shape index (κ1) is 7.92. The fourth-order valence-electron chi connectivity index (χ4n) is 0.285. The summed E-state index contributed by atoms with van der Waals surface area (Å²) < 4.78 is 4.41. The number of nitrogens with zero attached hydrogens (tertiary/aromatic N) is 1. The summed E-state index contributed by atoms with van der Waals surface area (Å²) in [5, 5.41) is 8.06. The zero-order valence-corrected chi connectivity index (χ0v) is 5.13. The Hall–Kier alpha value is -1.08. The Bertz CT molecular complexity index is 138. The molecule has 0 aliphatic rings. The fourth-order valence-corrected chi connectivity index (χ4v) is 0.285. The zero-order valence-electron chi connectivity index (χ0n) is 5.13. The van der Waals surface area contributed by atoms with Crippen LogP contribution in [0, 0.1) is 11.3 Å². The Labute approximate surface area is 53.2 Å². The number of nitrogens with two attached hydrogens (primary N) is 1. The molecule has 0 aromatic rings. The molecule has 0 spiro atoms. The molecule has 0 amide bonds. The third-order valence-corrected chi connectivity index (χ3v) is 0.680. The van der Waals surface area contributed by atoms with Gasteiger partial charge in [-0.15, -0.1) is 0 Å². The molecule has 0 aromatic heterocycles. The Kier molecular flexibility index (Phi) is 3.40. The zero-order chi connectivity index (χ0) is 7.28. The van der Waals surface area contributed by atoms with E-state index in [1.807, 2.05) is 0 Å². The fraction of sp³-hybridized carbons (Fsp3) is 0.600. The average Bonchev–Trinajstić information content (AvgIpc) is 1.87. The molecular weight excluding hydrogens is 120 g/mol. The van der Waals surface area contributed by atoms with Gasteiger partial charge in [-0.1, -0.05) is 0 Å². The molecule has 0 bridgehead atoms. The largest absolute Gasteiger partial charge is 0.464 e. The number of hydrogen-bond donors (Lipinski definition) is 1. The molecule has 4 nitrogen and oxygen atoms in total. The molecule has 1 atom stereocenters. The Morgan fingerprint density at radius 3 is 2.89 bits per heavy atom. The molecule has 0 unspecified atom stereocenters. The van der Waals surface area contributed by atoms with E-state index in [1.165, 1.54) is 0 Å². The lowest BCUT2D eigenvalue weighted by atomic mass is 10.4. The van der Waals surface area contributed by atoms with Gasteiger partial charge in [0.1, 0.15) is 0 Å². The Balaban J connectivity index is 3.63. The predicted molar refractivity (Wildman–Crippen MR) is 30.2 cm³/mol. The van der Waals surface area contributed by atoms with Crippen molar-refractivity contribution in [3.8, 4) is 6.07 Å². The van der Waals surface area contributed by atoms with E-state index < -0.39 is 12.0 Å². The van der Waals surface area contributed by atoms with Crippen LogP contribution < -0.4 is 5.73 Å². The van der Waals surface area contributed by atoms with Crippen molar-refractivity contribution in [1.29, 1.82) is 5.26 Å². The van der Waals surface area contributed by atoms with Gasteiger partial charge >= 0.3 is 5.97 Å². The summed E-state index contributed by atoms with van der Waals surface area (Å²) in [5.41, 5.74) is 4.97. The van der Waals surface area contributed by atoms with Gasteiger partial charge in [-0.25, -0.2) is 4.79 Å². The molecule has 2 N–H and O–H groups in total. The molecular formula is C5H8N2O2. The van der Waals surface area contributed by atoms with Crippen molar-refractivity contribution in [3.63, 3.8) is 0 Å². The van der Waals surface area contributed by atoms with Gasteiger partial charge in [0.15, 0.2) is 6.04 Å². The normalized spacial score (nSPS) is 11.7.